The Morgan fingerprint density at radius 2 is 2.12 bits per heavy atom. The van der Waals surface area contributed by atoms with Crippen LogP contribution < -0.4 is 11.1 Å². The highest BCUT2D eigenvalue weighted by molar-refractivity contribution is 7.19. The minimum absolute atomic E-state index is 0.246. The summed E-state index contributed by atoms with van der Waals surface area (Å²) in [6, 6.07) is 0. The van der Waals surface area contributed by atoms with E-state index in [1.54, 1.807) is 18.7 Å². The maximum Gasteiger partial charge on any atom is 0.261 e. The minimum Gasteiger partial charge on any atom is -0.374 e. The summed E-state index contributed by atoms with van der Waals surface area (Å²) in [6.07, 6.45) is 0. The van der Waals surface area contributed by atoms with Crippen molar-refractivity contribution in [2.75, 3.05) is 11.1 Å². The lowest BCUT2D eigenvalue weighted by Crippen LogP contribution is -2.13. The van der Waals surface area contributed by atoms with Crippen LogP contribution in [0.15, 0.2) is 0 Å². The van der Waals surface area contributed by atoms with Gasteiger partial charge < -0.3 is 5.73 Å². The summed E-state index contributed by atoms with van der Waals surface area (Å²) in [5.41, 5.74) is 7.47. The predicted molar refractivity (Wildman–Crippen MR) is 65.0 cm³/mol. The van der Waals surface area contributed by atoms with Gasteiger partial charge in [-0.3, -0.25) is 14.8 Å². The molecule has 1 amide bonds. The monoisotopic (exact) mass is 252 g/mol. The number of rotatable bonds is 2. The van der Waals surface area contributed by atoms with Gasteiger partial charge in [0.25, 0.3) is 5.91 Å². The molecule has 0 saturated carbocycles. The Balaban J connectivity index is 2.26. The Hall–Kier alpha value is -1.96. The first-order valence-electron chi connectivity index (χ1n) is 4.89. The molecular weight excluding hydrogens is 240 g/mol. The standard InChI is InChI=1S/C9H12N6OS/c1-4-6(5(2)15(3)14-4)7(16)11-9-13-12-8(10)17-9/h1-3H3,(H2,10,12)(H,11,13,16). The molecule has 0 aliphatic carbocycles. The number of nitrogen functional groups attached to an aromatic ring is 1. The topological polar surface area (TPSA) is 98.7 Å². The number of hydrogen-bond donors (Lipinski definition) is 2. The summed E-state index contributed by atoms with van der Waals surface area (Å²) in [6.45, 7) is 3.62. The molecule has 0 saturated heterocycles. The van der Waals surface area contributed by atoms with Gasteiger partial charge in [0.15, 0.2) is 0 Å². The van der Waals surface area contributed by atoms with Crippen LogP contribution in [0.3, 0.4) is 0 Å². The first kappa shape index (κ1) is 11.5. The lowest BCUT2D eigenvalue weighted by molar-refractivity contribution is 0.102. The van der Waals surface area contributed by atoms with Crippen molar-refractivity contribution in [2.45, 2.75) is 13.8 Å². The van der Waals surface area contributed by atoms with Gasteiger partial charge in [0.05, 0.1) is 11.3 Å². The van der Waals surface area contributed by atoms with Crippen LogP contribution in [0.4, 0.5) is 10.3 Å². The molecule has 0 aliphatic heterocycles. The van der Waals surface area contributed by atoms with Crippen molar-refractivity contribution in [2.24, 2.45) is 7.05 Å². The molecule has 0 radical (unpaired) electrons. The second-order valence-electron chi connectivity index (χ2n) is 3.57. The molecule has 0 fully saturated rings. The van der Waals surface area contributed by atoms with Crippen LogP contribution >= 0.6 is 11.3 Å². The van der Waals surface area contributed by atoms with Crippen LogP contribution in [0.2, 0.25) is 0 Å². The molecule has 7 nitrogen and oxygen atoms in total. The normalized spacial score (nSPS) is 10.5. The molecule has 2 heterocycles. The number of nitrogens with one attached hydrogen (secondary N) is 1. The third kappa shape index (κ3) is 2.11. The first-order chi connectivity index (χ1) is 7.99. The maximum absolute atomic E-state index is 12.0. The quantitative estimate of drug-likeness (QED) is 0.820. The smallest absolute Gasteiger partial charge is 0.261 e. The zero-order valence-electron chi connectivity index (χ0n) is 9.68. The molecule has 0 unspecified atom stereocenters. The van der Waals surface area contributed by atoms with Crippen LogP contribution in [-0.4, -0.2) is 25.9 Å². The Morgan fingerprint density at radius 1 is 1.41 bits per heavy atom. The molecule has 2 rings (SSSR count). The number of nitrogens with two attached hydrogens (primary N) is 1. The second-order valence-corrected chi connectivity index (χ2v) is 4.58. The maximum atomic E-state index is 12.0. The molecular formula is C9H12N6OS. The Kier molecular flexibility index (Phi) is 2.80. The summed E-state index contributed by atoms with van der Waals surface area (Å²) < 4.78 is 1.67. The molecule has 0 aliphatic rings. The SMILES string of the molecule is Cc1nn(C)c(C)c1C(=O)Nc1nnc(N)s1. The third-order valence-electron chi connectivity index (χ3n) is 2.40. The summed E-state index contributed by atoms with van der Waals surface area (Å²) >= 11 is 1.13. The van der Waals surface area contributed by atoms with Gasteiger partial charge in [0.1, 0.15) is 0 Å². The van der Waals surface area contributed by atoms with Gasteiger partial charge in [-0.25, -0.2) is 0 Å². The second kappa shape index (κ2) is 4.13. The van der Waals surface area contributed by atoms with E-state index in [0.717, 1.165) is 17.0 Å². The van der Waals surface area contributed by atoms with Crippen molar-refractivity contribution in [3.8, 4) is 0 Å². The van der Waals surface area contributed by atoms with Crippen molar-refractivity contribution in [3.05, 3.63) is 17.0 Å². The zero-order valence-corrected chi connectivity index (χ0v) is 10.5. The molecule has 2 aromatic rings. The van der Waals surface area contributed by atoms with E-state index in [1.807, 2.05) is 6.92 Å². The van der Waals surface area contributed by atoms with Gasteiger partial charge in [0.2, 0.25) is 10.3 Å². The van der Waals surface area contributed by atoms with E-state index in [-0.39, 0.29) is 5.91 Å². The fourth-order valence-electron chi connectivity index (χ4n) is 1.55. The van der Waals surface area contributed by atoms with E-state index in [0.29, 0.717) is 21.5 Å². The predicted octanol–water partition coefficient (Wildman–Crippen LogP) is 0.723. The number of carbonyl (C=O) groups excluding carboxylic acids is 1. The van der Waals surface area contributed by atoms with Gasteiger partial charge >= 0.3 is 0 Å². The van der Waals surface area contributed by atoms with Crippen LogP contribution in [-0.2, 0) is 7.05 Å². The van der Waals surface area contributed by atoms with E-state index in [1.165, 1.54) is 0 Å². The van der Waals surface area contributed by atoms with Gasteiger partial charge in [-0.2, -0.15) is 5.10 Å². The number of amides is 1. The summed E-state index contributed by atoms with van der Waals surface area (Å²) in [5.74, 6) is -0.246. The highest BCUT2D eigenvalue weighted by Gasteiger charge is 2.18. The fourth-order valence-corrected chi connectivity index (χ4v) is 2.05. The molecule has 3 N–H and O–H groups in total. The molecule has 0 aromatic carbocycles. The van der Waals surface area contributed by atoms with Crippen molar-refractivity contribution in [1.82, 2.24) is 20.0 Å². The van der Waals surface area contributed by atoms with Crippen LogP contribution in [0.1, 0.15) is 21.7 Å². The summed E-state index contributed by atoms with van der Waals surface area (Å²) in [4.78, 5) is 12.0. The van der Waals surface area contributed by atoms with Gasteiger partial charge in [0, 0.05) is 12.7 Å². The van der Waals surface area contributed by atoms with E-state index in [4.69, 9.17) is 5.73 Å². The fraction of sp³-hybridized carbons (Fsp3) is 0.333. The number of aryl methyl sites for hydroxylation is 2. The number of anilines is 2. The number of hydrogen-bond acceptors (Lipinski definition) is 6. The summed E-state index contributed by atoms with van der Waals surface area (Å²) in [5, 5.41) is 14.9. The molecule has 90 valence electrons. The number of aromatic nitrogens is 4. The van der Waals surface area contributed by atoms with E-state index in [2.05, 4.69) is 20.6 Å². The average molecular weight is 252 g/mol. The minimum atomic E-state index is -0.246. The zero-order chi connectivity index (χ0) is 12.6. The molecule has 8 heteroatoms. The lowest BCUT2D eigenvalue weighted by atomic mass is 10.2. The Bertz CT molecular complexity index is 572. The van der Waals surface area contributed by atoms with Gasteiger partial charge in [-0.1, -0.05) is 11.3 Å². The van der Waals surface area contributed by atoms with Crippen LogP contribution in [0, 0.1) is 13.8 Å². The first-order valence-corrected chi connectivity index (χ1v) is 5.71. The lowest BCUT2D eigenvalue weighted by Gasteiger charge is -2.01. The van der Waals surface area contributed by atoms with Gasteiger partial charge in [-0.15, -0.1) is 10.2 Å². The Morgan fingerprint density at radius 3 is 2.59 bits per heavy atom. The average Bonchev–Trinajstić information content (AvgIpc) is 2.73. The highest BCUT2D eigenvalue weighted by atomic mass is 32.1. The number of nitrogens with zero attached hydrogens (tertiary/aromatic N) is 4. The highest BCUT2D eigenvalue weighted by Crippen LogP contribution is 2.19. The van der Waals surface area contributed by atoms with E-state index < -0.39 is 0 Å². The largest absolute Gasteiger partial charge is 0.374 e. The van der Waals surface area contributed by atoms with Crippen LogP contribution in [0.25, 0.3) is 0 Å². The van der Waals surface area contributed by atoms with Crippen molar-refractivity contribution >= 4 is 27.5 Å². The number of carbonyl (C=O) groups is 1. The van der Waals surface area contributed by atoms with Gasteiger partial charge in [-0.05, 0) is 13.8 Å². The Labute approximate surface area is 102 Å². The van der Waals surface area contributed by atoms with Crippen LogP contribution in [0.5, 0.6) is 0 Å². The molecule has 17 heavy (non-hydrogen) atoms. The molecule has 2 aromatic heterocycles. The van der Waals surface area contributed by atoms with Crippen molar-refractivity contribution in [3.63, 3.8) is 0 Å². The molecule has 0 spiro atoms. The van der Waals surface area contributed by atoms with E-state index in [9.17, 15) is 4.79 Å². The summed E-state index contributed by atoms with van der Waals surface area (Å²) in [7, 11) is 1.79. The third-order valence-corrected chi connectivity index (χ3v) is 3.07. The molecule has 0 atom stereocenters. The molecule has 0 bridgehead atoms. The van der Waals surface area contributed by atoms with Crippen molar-refractivity contribution < 1.29 is 4.79 Å². The van der Waals surface area contributed by atoms with Crippen molar-refractivity contribution in [1.29, 1.82) is 0 Å². The van der Waals surface area contributed by atoms with E-state index >= 15 is 0 Å².